The first-order valence-electron chi connectivity index (χ1n) is 11.2. The van der Waals surface area contributed by atoms with E-state index in [2.05, 4.69) is 20.4 Å². The van der Waals surface area contributed by atoms with Crippen molar-refractivity contribution in [2.24, 2.45) is 0 Å². The van der Waals surface area contributed by atoms with E-state index in [1.807, 2.05) is 30.3 Å². The van der Waals surface area contributed by atoms with Gasteiger partial charge in [-0.1, -0.05) is 18.2 Å². The summed E-state index contributed by atoms with van der Waals surface area (Å²) in [6, 6.07) is 20.1. The molecular formula is C27H20FN5O4. The fraction of sp³-hybridized carbons (Fsp3) is 0.0370. The number of para-hydroxylation sites is 1. The minimum atomic E-state index is -0.724. The Balaban J connectivity index is 1.27. The van der Waals surface area contributed by atoms with Crippen LogP contribution in [0.5, 0.6) is 0 Å². The van der Waals surface area contributed by atoms with Gasteiger partial charge in [-0.3, -0.25) is 4.79 Å². The topological polar surface area (TPSA) is 122 Å². The second-order valence-corrected chi connectivity index (χ2v) is 8.05. The van der Waals surface area contributed by atoms with E-state index in [0.717, 1.165) is 5.69 Å². The van der Waals surface area contributed by atoms with Crippen LogP contribution in [0, 0.1) is 5.82 Å². The minimum Gasteiger partial charge on any atom is -0.452 e. The summed E-state index contributed by atoms with van der Waals surface area (Å²) < 4.78 is 20.2. The number of carbonyl (C=O) groups excluding carboxylic acids is 2. The summed E-state index contributed by atoms with van der Waals surface area (Å²) in [6.45, 7) is -0.501. The summed E-state index contributed by atoms with van der Waals surface area (Å²) in [5.41, 5.74) is 3.86. The zero-order valence-corrected chi connectivity index (χ0v) is 19.3. The van der Waals surface area contributed by atoms with Gasteiger partial charge in [0.2, 0.25) is 0 Å². The van der Waals surface area contributed by atoms with Crippen molar-refractivity contribution < 1.29 is 18.7 Å². The highest BCUT2D eigenvalue weighted by Crippen LogP contribution is 2.25. The number of nitrogens with one attached hydrogen (secondary N) is 3. The lowest BCUT2D eigenvalue weighted by atomic mass is 10.1. The van der Waals surface area contributed by atoms with Gasteiger partial charge in [0, 0.05) is 29.1 Å². The number of imidazole rings is 1. The first-order chi connectivity index (χ1) is 17.9. The van der Waals surface area contributed by atoms with Crippen LogP contribution in [0.15, 0.2) is 89.9 Å². The van der Waals surface area contributed by atoms with Crippen molar-refractivity contribution >= 4 is 34.7 Å². The van der Waals surface area contributed by atoms with Gasteiger partial charge in [0.1, 0.15) is 5.82 Å². The molecule has 0 bridgehead atoms. The van der Waals surface area contributed by atoms with E-state index in [1.54, 1.807) is 41.2 Å². The van der Waals surface area contributed by atoms with Crippen molar-refractivity contribution in [2.75, 3.05) is 11.9 Å². The summed E-state index contributed by atoms with van der Waals surface area (Å²) in [5.74, 6) is -1.63. The van der Waals surface area contributed by atoms with Crippen LogP contribution in [-0.4, -0.2) is 38.2 Å². The van der Waals surface area contributed by atoms with Crippen LogP contribution < -0.4 is 11.0 Å². The molecule has 0 radical (unpaired) electrons. The number of H-pyrrole nitrogens is 2. The Kier molecular flexibility index (Phi) is 6.45. The van der Waals surface area contributed by atoms with Gasteiger partial charge >= 0.3 is 11.7 Å². The molecule has 10 heteroatoms. The molecule has 1 amide bonds. The number of anilines is 1. The molecule has 0 spiro atoms. The molecule has 37 heavy (non-hydrogen) atoms. The van der Waals surface area contributed by atoms with Gasteiger partial charge in [-0.05, 0) is 60.7 Å². The molecular weight excluding hydrogens is 477 g/mol. The van der Waals surface area contributed by atoms with Crippen LogP contribution in [0.2, 0.25) is 0 Å². The van der Waals surface area contributed by atoms with E-state index in [1.165, 1.54) is 24.3 Å². The maximum absolute atomic E-state index is 13.4. The molecule has 184 valence electrons. The average Bonchev–Trinajstić information content (AvgIpc) is 3.50. The summed E-state index contributed by atoms with van der Waals surface area (Å²) in [5, 5.41) is 7.21. The normalized spacial score (nSPS) is 11.2. The van der Waals surface area contributed by atoms with E-state index >= 15 is 0 Å². The van der Waals surface area contributed by atoms with Crippen molar-refractivity contribution in [3.63, 3.8) is 0 Å². The van der Waals surface area contributed by atoms with Gasteiger partial charge in [0.25, 0.3) is 5.91 Å². The highest BCUT2D eigenvalue weighted by atomic mass is 19.1. The maximum Gasteiger partial charge on any atom is 0.331 e. The second kappa shape index (κ2) is 10.2. The van der Waals surface area contributed by atoms with Gasteiger partial charge in [-0.15, -0.1) is 0 Å². The van der Waals surface area contributed by atoms with E-state index in [9.17, 15) is 18.8 Å². The number of amides is 1. The number of halogens is 1. The first-order valence-corrected chi connectivity index (χ1v) is 11.2. The van der Waals surface area contributed by atoms with Gasteiger partial charge < -0.3 is 20.0 Å². The lowest BCUT2D eigenvalue weighted by molar-refractivity contribution is -0.142. The first kappa shape index (κ1) is 23.5. The predicted molar refractivity (Wildman–Crippen MR) is 137 cm³/mol. The van der Waals surface area contributed by atoms with Crippen LogP contribution in [0.25, 0.3) is 34.1 Å². The zero-order valence-electron chi connectivity index (χ0n) is 19.3. The number of aromatic amines is 2. The SMILES string of the molecule is O=C(COC(=O)/C=C/c1cn(-c2ccccc2)nc1-c1ccc(F)cc1)Nc1ccc2[nH]c(=O)[nH]c2c1. The molecule has 0 aliphatic rings. The number of hydrogen-bond donors (Lipinski definition) is 3. The summed E-state index contributed by atoms with van der Waals surface area (Å²) in [7, 11) is 0. The molecule has 9 nitrogen and oxygen atoms in total. The lowest BCUT2D eigenvalue weighted by Gasteiger charge is -2.05. The van der Waals surface area contributed by atoms with Crippen LogP contribution in [0.3, 0.4) is 0 Å². The molecule has 2 heterocycles. The molecule has 0 saturated heterocycles. The number of aromatic nitrogens is 4. The monoisotopic (exact) mass is 497 g/mol. The molecule has 5 rings (SSSR count). The third-order valence-corrected chi connectivity index (χ3v) is 5.43. The predicted octanol–water partition coefficient (Wildman–Crippen LogP) is 4.04. The molecule has 3 aromatic carbocycles. The van der Waals surface area contributed by atoms with E-state index < -0.39 is 18.5 Å². The maximum atomic E-state index is 13.4. The highest BCUT2D eigenvalue weighted by molar-refractivity contribution is 5.96. The fourth-order valence-corrected chi connectivity index (χ4v) is 3.70. The number of rotatable bonds is 7. The van der Waals surface area contributed by atoms with Gasteiger partial charge in [0.05, 0.1) is 22.4 Å². The van der Waals surface area contributed by atoms with Gasteiger partial charge in [-0.25, -0.2) is 18.7 Å². The molecule has 0 fully saturated rings. The van der Waals surface area contributed by atoms with Crippen molar-refractivity contribution in [1.82, 2.24) is 19.7 Å². The second-order valence-electron chi connectivity index (χ2n) is 8.05. The molecule has 0 aliphatic carbocycles. The van der Waals surface area contributed by atoms with Gasteiger partial charge in [0.15, 0.2) is 6.61 Å². The Hall–Kier alpha value is -5.25. The Morgan fingerprint density at radius 1 is 1.00 bits per heavy atom. The molecule has 2 aromatic heterocycles. The molecule has 5 aromatic rings. The summed E-state index contributed by atoms with van der Waals surface area (Å²) in [6.07, 6.45) is 4.47. The number of benzene rings is 3. The average molecular weight is 497 g/mol. The smallest absolute Gasteiger partial charge is 0.331 e. The molecule has 0 unspecified atom stereocenters. The van der Waals surface area contributed by atoms with Crippen molar-refractivity contribution in [3.8, 4) is 16.9 Å². The van der Waals surface area contributed by atoms with Crippen LogP contribution in [0.4, 0.5) is 10.1 Å². The minimum absolute atomic E-state index is 0.351. The van der Waals surface area contributed by atoms with Crippen molar-refractivity contribution in [2.45, 2.75) is 0 Å². The van der Waals surface area contributed by atoms with Crippen LogP contribution >= 0.6 is 0 Å². The van der Waals surface area contributed by atoms with E-state index in [-0.39, 0.29) is 11.5 Å². The van der Waals surface area contributed by atoms with Crippen LogP contribution in [0.1, 0.15) is 5.56 Å². The number of nitrogens with zero attached hydrogens (tertiary/aromatic N) is 2. The Morgan fingerprint density at radius 3 is 2.54 bits per heavy atom. The number of fused-ring (bicyclic) bond motifs is 1. The van der Waals surface area contributed by atoms with E-state index in [0.29, 0.717) is 33.5 Å². The third-order valence-electron chi connectivity index (χ3n) is 5.43. The fourth-order valence-electron chi connectivity index (χ4n) is 3.70. The molecule has 0 atom stereocenters. The molecule has 0 aliphatic heterocycles. The Labute approximate surface area is 209 Å². The quantitative estimate of drug-likeness (QED) is 0.231. The standard InChI is InChI=1S/C27H20FN5O4/c28-19-9-6-17(7-10-19)26-18(15-33(32-26)21-4-2-1-3-5-21)8-13-25(35)37-16-24(34)29-20-11-12-22-23(14-20)31-27(36)30-22/h1-15H,16H2,(H,29,34)(H2,30,31,36)/b13-8+. The Morgan fingerprint density at radius 2 is 1.76 bits per heavy atom. The van der Waals surface area contributed by atoms with Gasteiger partial charge in [-0.2, -0.15) is 5.10 Å². The third kappa shape index (κ3) is 5.54. The lowest BCUT2D eigenvalue weighted by Crippen LogP contribution is -2.20. The Bertz CT molecular complexity index is 1670. The molecule has 0 saturated carbocycles. The number of hydrogen-bond acceptors (Lipinski definition) is 5. The van der Waals surface area contributed by atoms with Crippen molar-refractivity contribution in [3.05, 3.63) is 107 Å². The summed E-state index contributed by atoms with van der Waals surface area (Å²) in [4.78, 5) is 41.1. The zero-order chi connectivity index (χ0) is 25.8. The number of carbonyl (C=O) groups is 2. The molecule has 3 N–H and O–H groups in total. The highest BCUT2D eigenvalue weighted by Gasteiger charge is 2.12. The number of ether oxygens (including phenoxy) is 1. The van der Waals surface area contributed by atoms with Crippen molar-refractivity contribution in [1.29, 1.82) is 0 Å². The van der Waals surface area contributed by atoms with E-state index in [4.69, 9.17) is 4.74 Å². The number of esters is 1. The van der Waals surface area contributed by atoms with Crippen LogP contribution in [-0.2, 0) is 14.3 Å². The summed E-state index contributed by atoms with van der Waals surface area (Å²) >= 11 is 0. The largest absolute Gasteiger partial charge is 0.452 e.